The first-order chi connectivity index (χ1) is 10.1. The summed E-state index contributed by atoms with van der Waals surface area (Å²) in [6.45, 7) is 0. The predicted octanol–water partition coefficient (Wildman–Crippen LogP) is 3.95. The Morgan fingerprint density at radius 3 is 2.19 bits per heavy atom. The van der Waals surface area contributed by atoms with E-state index in [9.17, 15) is 9.59 Å². The van der Waals surface area contributed by atoms with Gasteiger partial charge in [-0.25, -0.2) is 4.90 Å². The van der Waals surface area contributed by atoms with Gasteiger partial charge in [0.05, 0.1) is 16.3 Å². The van der Waals surface area contributed by atoms with Gasteiger partial charge in [0.15, 0.2) is 0 Å². The van der Waals surface area contributed by atoms with Crippen molar-refractivity contribution >= 4 is 46.3 Å². The highest BCUT2D eigenvalue weighted by molar-refractivity contribution is 6.45. The summed E-state index contributed by atoms with van der Waals surface area (Å²) in [5.41, 5.74) is 1.36. The summed E-state index contributed by atoms with van der Waals surface area (Å²) >= 11 is 11.9. The van der Waals surface area contributed by atoms with Gasteiger partial charge in [0, 0.05) is 11.1 Å². The number of para-hydroxylation sites is 1. The Hall–Kier alpha value is -2.10. The smallest absolute Gasteiger partial charge is 0.266 e. The normalized spacial score (nSPS) is 14.6. The van der Waals surface area contributed by atoms with Crippen LogP contribution in [0.15, 0.2) is 54.6 Å². The number of nitrogens with zero attached hydrogens (tertiary/aromatic N) is 1. The van der Waals surface area contributed by atoms with E-state index < -0.39 is 11.8 Å². The average molecular weight is 318 g/mol. The molecule has 5 heteroatoms. The van der Waals surface area contributed by atoms with Crippen LogP contribution in [0, 0.1) is 0 Å². The SMILES string of the molecule is O=C1C=C(c2ccc(Cl)cc2)C(=O)N1c1ccccc1Cl. The molecule has 1 heterocycles. The molecular formula is C16H9Cl2NO2. The van der Waals surface area contributed by atoms with Crippen LogP contribution in [0.1, 0.15) is 5.56 Å². The van der Waals surface area contributed by atoms with E-state index in [1.54, 1.807) is 48.5 Å². The molecule has 21 heavy (non-hydrogen) atoms. The molecule has 0 spiro atoms. The fourth-order valence-electron chi connectivity index (χ4n) is 2.17. The second-order valence-electron chi connectivity index (χ2n) is 4.50. The van der Waals surface area contributed by atoms with Crippen molar-refractivity contribution < 1.29 is 9.59 Å². The molecule has 1 aliphatic rings. The van der Waals surface area contributed by atoms with Gasteiger partial charge in [-0.15, -0.1) is 0 Å². The number of imide groups is 1. The number of benzene rings is 2. The van der Waals surface area contributed by atoms with E-state index in [-0.39, 0.29) is 0 Å². The first kappa shape index (κ1) is 13.9. The van der Waals surface area contributed by atoms with Crippen LogP contribution in [-0.4, -0.2) is 11.8 Å². The summed E-state index contributed by atoms with van der Waals surface area (Å²) in [5.74, 6) is -0.798. The lowest BCUT2D eigenvalue weighted by Gasteiger charge is -2.16. The van der Waals surface area contributed by atoms with Crippen molar-refractivity contribution in [3.05, 3.63) is 70.2 Å². The van der Waals surface area contributed by atoms with E-state index in [4.69, 9.17) is 23.2 Å². The van der Waals surface area contributed by atoms with Gasteiger partial charge in [0.2, 0.25) is 0 Å². The fourth-order valence-corrected chi connectivity index (χ4v) is 2.51. The van der Waals surface area contributed by atoms with Gasteiger partial charge in [-0.1, -0.05) is 47.5 Å². The molecule has 0 bridgehead atoms. The second-order valence-corrected chi connectivity index (χ2v) is 5.34. The lowest BCUT2D eigenvalue weighted by molar-refractivity contribution is -0.119. The highest BCUT2D eigenvalue weighted by Crippen LogP contribution is 2.32. The minimum atomic E-state index is -0.405. The molecule has 3 rings (SSSR count). The van der Waals surface area contributed by atoms with Crippen LogP contribution >= 0.6 is 23.2 Å². The maximum absolute atomic E-state index is 12.5. The molecule has 0 aliphatic carbocycles. The zero-order valence-electron chi connectivity index (χ0n) is 10.7. The number of carbonyl (C=O) groups is 2. The summed E-state index contributed by atoms with van der Waals surface area (Å²) < 4.78 is 0. The summed E-state index contributed by atoms with van der Waals surface area (Å²) in [5, 5.41) is 0.920. The summed E-state index contributed by atoms with van der Waals surface area (Å²) in [6, 6.07) is 13.5. The molecule has 0 N–H and O–H groups in total. The number of carbonyl (C=O) groups excluding carboxylic acids is 2. The lowest BCUT2D eigenvalue weighted by atomic mass is 10.1. The lowest BCUT2D eigenvalue weighted by Crippen LogP contribution is -2.30. The fraction of sp³-hybridized carbons (Fsp3) is 0. The van der Waals surface area contributed by atoms with Crippen molar-refractivity contribution in [2.75, 3.05) is 4.90 Å². The van der Waals surface area contributed by atoms with Gasteiger partial charge < -0.3 is 0 Å². The molecule has 0 radical (unpaired) electrons. The van der Waals surface area contributed by atoms with Crippen LogP contribution in [0.2, 0.25) is 10.0 Å². The molecule has 2 amide bonds. The van der Waals surface area contributed by atoms with Gasteiger partial charge in [-0.3, -0.25) is 9.59 Å². The predicted molar refractivity (Wildman–Crippen MR) is 83.4 cm³/mol. The molecule has 0 unspecified atom stereocenters. The minimum absolute atomic E-state index is 0.330. The average Bonchev–Trinajstić information content (AvgIpc) is 2.76. The van der Waals surface area contributed by atoms with Crippen molar-refractivity contribution in [1.82, 2.24) is 0 Å². The van der Waals surface area contributed by atoms with Crippen LogP contribution in [-0.2, 0) is 9.59 Å². The Bertz CT molecular complexity index is 766. The number of amides is 2. The highest BCUT2D eigenvalue weighted by Gasteiger charge is 2.33. The zero-order chi connectivity index (χ0) is 15.0. The Labute approximate surface area is 131 Å². The first-order valence-electron chi connectivity index (χ1n) is 6.18. The number of rotatable bonds is 2. The molecule has 0 saturated heterocycles. The van der Waals surface area contributed by atoms with E-state index in [0.717, 1.165) is 4.90 Å². The monoisotopic (exact) mass is 317 g/mol. The van der Waals surface area contributed by atoms with Crippen LogP contribution < -0.4 is 4.90 Å². The topological polar surface area (TPSA) is 37.4 Å². The van der Waals surface area contributed by atoms with Gasteiger partial charge >= 0.3 is 0 Å². The second kappa shape index (κ2) is 5.35. The molecule has 2 aromatic rings. The van der Waals surface area contributed by atoms with E-state index >= 15 is 0 Å². The highest BCUT2D eigenvalue weighted by atomic mass is 35.5. The largest absolute Gasteiger partial charge is 0.269 e. The molecule has 3 nitrogen and oxygen atoms in total. The van der Waals surface area contributed by atoms with E-state index in [1.807, 2.05) is 0 Å². The maximum atomic E-state index is 12.5. The molecule has 1 aliphatic heterocycles. The summed E-state index contributed by atoms with van der Waals surface area (Å²) in [4.78, 5) is 25.7. The van der Waals surface area contributed by atoms with Crippen molar-refractivity contribution in [2.24, 2.45) is 0 Å². The van der Waals surface area contributed by atoms with Crippen molar-refractivity contribution in [1.29, 1.82) is 0 Å². The van der Waals surface area contributed by atoms with Crippen LogP contribution in [0.5, 0.6) is 0 Å². The van der Waals surface area contributed by atoms with E-state index in [0.29, 0.717) is 26.9 Å². The third-order valence-corrected chi connectivity index (χ3v) is 3.74. The van der Waals surface area contributed by atoms with Gasteiger partial charge in [-0.05, 0) is 29.8 Å². The Morgan fingerprint density at radius 1 is 0.857 bits per heavy atom. The van der Waals surface area contributed by atoms with Crippen molar-refractivity contribution in [2.45, 2.75) is 0 Å². The van der Waals surface area contributed by atoms with E-state index in [2.05, 4.69) is 0 Å². The number of hydrogen-bond acceptors (Lipinski definition) is 2. The van der Waals surface area contributed by atoms with Crippen LogP contribution in [0.4, 0.5) is 5.69 Å². The minimum Gasteiger partial charge on any atom is -0.269 e. The molecule has 0 atom stereocenters. The molecular weight excluding hydrogens is 309 g/mol. The van der Waals surface area contributed by atoms with Crippen molar-refractivity contribution in [3.63, 3.8) is 0 Å². The van der Waals surface area contributed by atoms with Crippen molar-refractivity contribution in [3.8, 4) is 0 Å². The third kappa shape index (κ3) is 2.46. The number of halogens is 2. The van der Waals surface area contributed by atoms with Crippen LogP contribution in [0.3, 0.4) is 0 Å². The molecule has 0 aromatic heterocycles. The molecule has 2 aromatic carbocycles. The summed E-state index contributed by atoms with van der Waals surface area (Å²) in [6.07, 6.45) is 1.31. The maximum Gasteiger partial charge on any atom is 0.266 e. The van der Waals surface area contributed by atoms with Gasteiger partial charge in [-0.2, -0.15) is 0 Å². The quantitative estimate of drug-likeness (QED) is 0.786. The van der Waals surface area contributed by atoms with Crippen LogP contribution in [0.25, 0.3) is 5.57 Å². The molecule has 0 fully saturated rings. The Kier molecular flexibility index (Phi) is 3.53. The number of anilines is 1. The molecule has 0 saturated carbocycles. The van der Waals surface area contributed by atoms with Gasteiger partial charge in [0.1, 0.15) is 0 Å². The summed E-state index contributed by atoms with van der Waals surface area (Å²) in [7, 11) is 0. The third-order valence-electron chi connectivity index (χ3n) is 3.17. The first-order valence-corrected chi connectivity index (χ1v) is 6.94. The van der Waals surface area contributed by atoms with E-state index in [1.165, 1.54) is 6.08 Å². The zero-order valence-corrected chi connectivity index (χ0v) is 12.2. The molecule has 104 valence electrons. The Balaban J connectivity index is 2.00. The van der Waals surface area contributed by atoms with Gasteiger partial charge in [0.25, 0.3) is 11.8 Å². The number of hydrogen-bond donors (Lipinski definition) is 0. The Morgan fingerprint density at radius 2 is 1.52 bits per heavy atom. The standard InChI is InChI=1S/C16H9Cl2NO2/c17-11-7-5-10(6-8-11)12-9-15(20)19(16(12)21)14-4-2-1-3-13(14)18/h1-9H.